The summed E-state index contributed by atoms with van der Waals surface area (Å²) in [6.45, 7) is 0. The van der Waals surface area contributed by atoms with E-state index >= 15 is 0 Å². The predicted octanol–water partition coefficient (Wildman–Crippen LogP) is 3.12. The molecule has 0 amide bonds. The van der Waals surface area contributed by atoms with E-state index in [1.54, 1.807) is 0 Å². The molecule has 0 saturated carbocycles. The molecule has 13 heavy (non-hydrogen) atoms. The van der Waals surface area contributed by atoms with Crippen LogP contribution in [0, 0.1) is 0 Å². The topological polar surface area (TPSA) is 37.3 Å². The standard InChI is InChI=1S/C8H5Cl3O2/c9-3-7(13)8-5(10)1-4(12)2-6(8)11/h1-2,12H,3H2. The van der Waals surface area contributed by atoms with Crippen LogP contribution in [0.3, 0.4) is 0 Å². The molecule has 0 radical (unpaired) electrons. The number of aromatic hydroxyl groups is 1. The molecule has 0 aromatic heterocycles. The number of ketones is 1. The third-order valence-electron chi connectivity index (χ3n) is 1.43. The molecule has 0 aliphatic heterocycles. The number of hydrogen-bond donors (Lipinski definition) is 1. The van der Waals surface area contributed by atoms with Crippen molar-refractivity contribution in [3.8, 4) is 5.75 Å². The molecule has 1 aromatic rings. The molecule has 0 fully saturated rings. The van der Waals surface area contributed by atoms with Gasteiger partial charge >= 0.3 is 0 Å². The number of benzene rings is 1. The zero-order valence-electron chi connectivity index (χ0n) is 6.35. The molecule has 1 aromatic carbocycles. The summed E-state index contributed by atoms with van der Waals surface area (Å²) in [5, 5.41) is 9.27. The Hall–Kier alpha value is -0.440. The van der Waals surface area contributed by atoms with Crippen molar-refractivity contribution in [2.45, 2.75) is 0 Å². The van der Waals surface area contributed by atoms with Gasteiger partial charge in [0.25, 0.3) is 0 Å². The fraction of sp³-hybridized carbons (Fsp3) is 0.125. The number of halogens is 3. The molecule has 0 aliphatic rings. The molecular weight excluding hydrogens is 234 g/mol. The molecule has 0 aliphatic carbocycles. The number of rotatable bonds is 2. The number of carbonyl (C=O) groups excluding carboxylic acids is 1. The number of carbonyl (C=O) groups is 1. The van der Waals surface area contributed by atoms with E-state index in [0.29, 0.717) is 0 Å². The van der Waals surface area contributed by atoms with Gasteiger partial charge in [0.05, 0.1) is 21.5 Å². The summed E-state index contributed by atoms with van der Waals surface area (Å²) in [6.07, 6.45) is 0. The highest BCUT2D eigenvalue weighted by Gasteiger charge is 2.14. The van der Waals surface area contributed by atoms with Gasteiger partial charge in [0.15, 0.2) is 5.78 Å². The number of Topliss-reactive ketones (excluding diaryl/α,β-unsaturated/α-hetero) is 1. The van der Waals surface area contributed by atoms with Crippen LogP contribution < -0.4 is 0 Å². The van der Waals surface area contributed by atoms with Crippen LogP contribution in [0.15, 0.2) is 12.1 Å². The SMILES string of the molecule is O=C(CCl)c1c(Cl)cc(O)cc1Cl. The van der Waals surface area contributed by atoms with Gasteiger partial charge in [0.1, 0.15) is 5.75 Å². The molecular formula is C8H5Cl3O2. The third-order valence-corrected chi connectivity index (χ3v) is 2.27. The normalized spacial score (nSPS) is 10.1. The van der Waals surface area contributed by atoms with E-state index in [1.807, 2.05) is 0 Å². The number of phenolic OH excluding ortho intramolecular Hbond substituents is 1. The molecule has 1 N–H and O–H groups in total. The van der Waals surface area contributed by atoms with Crippen molar-refractivity contribution in [2.24, 2.45) is 0 Å². The minimum Gasteiger partial charge on any atom is -0.508 e. The second-order valence-electron chi connectivity index (χ2n) is 2.34. The molecule has 0 heterocycles. The van der Waals surface area contributed by atoms with Gasteiger partial charge in [-0.1, -0.05) is 23.2 Å². The lowest BCUT2D eigenvalue weighted by molar-refractivity contribution is 0.102. The molecule has 70 valence electrons. The fourth-order valence-corrected chi connectivity index (χ4v) is 1.71. The summed E-state index contributed by atoms with van der Waals surface area (Å²) >= 11 is 16.7. The van der Waals surface area contributed by atoms with Crippen LogP contribution in [0.5, 0.6) is 5.75 Å². The monoisotopic (exact) mass is 238 g/mol. The minimum atomic E-state index is -0.364. The molecule has 0 spiro atoms. The first-order valence-electron chi connectivity index (χ1n) is 3.33. The summed E-state index contributed by atoms with van der Waals surface area (Å²) < 4.78 is 0. The number of hydrogen-bond acceptors (Lipinski definition) is 2. The van der Waals surface area contributed by atoms with Crippen LogP contribution in [0.4, 0.5) is 0 Å². The van der Waals surface area contributed by atoms with E-state index in [2.05, 4.69) is 0 Å². The lowest BCUT2D eigenvalue weighted by Gasteiger charge is -2.04. The number of phenols is 1. The molecule has 2 nitrogen and oxygen atoms in total. The first-order valence-corrected chi connectivity index (χ1v) is 4.62. The van der Waals surface area contributed by atoms with Crippen molar-refractivity contribution in [3.05, 3.63) is 27.7 Å². The zero-order valence-corrected chi connectivity index (χ0v) is 8.62. The second-order valence-corrected chi connectivity index (χ2v) is 3.42. The molecule has 0 unspecified atom stereocenters. The second kappa shape index (κ2) is 4.18. The summed E-state index contributed by atoms with van der Waals surface area (Å²) in [5.74, 6) is -0.637. The fourth-order valence-electron chi connectivity index (χ4n) is 0.893. The smallest absolute Gasteiger partial charge is 0.180 e. The van der Waals surface area contributed by atoms with Crippen molar-refractivity contribution in [1.29, 1.82) is 0 Å². The van der Waals surface area contributed by atoms with E-state index in [4.69, 9.17) is 39.9 Å². The lowest BCUT2D eigenvalue weighted by atomic mass is 10.1. The van der Waals surface area contributed by atoms with E-state index < -0.39 is 0 Å². The quantitative estimate of drug-likeness (QED) is 0.636. The first-order chi connectivity index (χ1) is 6.06. The minimum absolute atomic E-state index is 0.0823. The van der Waals surface area contributed by atoms with Crippen LogP contribution in [-0.4, -0.2) is 16.8 Å². The Labute approximate surface area is 90.0 Å². The average molecular weight is 239 g/mol. The summed E-state index contributed by atoms with van der Waals surface area (Å²) in [7, 11) is 0. The Morgan fingerprint density at radius 2 is 1.77 bits per heavy atom. The van der Waals surface area contributed by atoms with Gasteiger partial charge in [-0.3, -0.25) is 4.79 Å². The maximum atomic E-state index is 11.2. The van der Waals surface area contributed by atoms with Crippen LogP contribution in [0.25, 0.3) is 0 Å². The van der Waals surface area contributed by atoms with Gasteiger partial charge in [-0.2, -0.15) is 0 Å². The molecule has 0 atom stereocenters. The van der Waals surface area contributed by atoms with E-state index in [0.717, 1.165) is 0 Å². The summed E-state index contributed by atoms with van der Waals surface area (Å²) in [6, 6.07) is 2.49. The molecule has 5 heteroatoms. The van der Waals surface area contributed by atoms with Gasteiger partial charge in [0.2, 0.25) is 0 Å². The highest BCUT2D eigenvalue weighted by Crippen LogP contribution is 2.30. The summed E-state index contributed by atoms with van der Waals surface area (Å²) in [4.78, 5) is 11.2. The Morgan fingerprint density at radius 1 is 1.31 bits per heavy atom. The van der Waals surface area contributed by atoms with E-state index in [-0.39, 0.29) is 33.0 Å². The number of alkyl halides is 1. The van der Waals surface area contributed by atoms with Crippen molar-refractivity contribution >= 4 is 40.6 Å². The lowest BCUT2D eigenvalue weighted by Crippen LogP contribution is -2.02. The first kappa shape index (κ1) is 10.6. The van der Waals surface area contributed by atoms with Crippen LogP contribution in [0.1, 0.15) is 10.4 Å². The van der Waals surface area contributed by atoms with E-state index in [9.17, 15) is 4.79 Å². The predicted molar refractivity (Wildman–Crippen MR) is 53.2 cm³/mol. The maximum absolute atomic E-state index is 11.2. The van der Waals surface area contributed by atoms with Gasteiger partial charge in [-0.25, -0.2) is 0 Å². The average Bonchev–Trinajstić information content (AvgIpc) is 2.02. The van der Waals surface area contributed by atoms with Gasteiger partial charge < -0.3 is 5.11 Å². The van der Waals surface area contributed by atoms with Gasteiger partial charge in [0, 0.05) is 0 Å². The van der Waals surface area contributed by atoms with Crippen molar-refractivity contribution in [3.63, 3.8) is 0 Å². The Morgan fingerprint density at radius 3 is 2.15 bits per heavy atom. The van der Waals surface area contributed by atoms with Crippen LogP contribution in [-0.2, 0) is 0 Å². The highest BCUT2D eigenvalue weighted by atomic mass is 35.5. The molecule has 0 saturated heterocycles. The van der Waals surface area contributed by atoms with Crippen molar-refractivity contribution < 1.29 is 9.90 Å². The third kappa shape index (κ3) is 2.27. The Balaban J connectivity index is 3.28. The van der Waals surface area contributed by atoms with Gasteiger partial charge in [-0.15, -0.1) is 11.6 Å². The van der Waals surface area contributed by atoms with Crippen LogP contribution >= 0.6 is 34.8 Å². The largest absolute Gasteiger partial charge is 0.508 e. The van der Waals surface area contributed by atoms with Crippen molar-refractivity contribution in [1.82, 2.24) is 0 Å². The zero-order chi connectivity index (χ0) is 10.0. The Kier molecular flexibility index (Phi) is 3.42. The maximum Gasteiger partial charge on any atom is 0.180 e. The summed E-state index contributed by atoms with van der Waals surface area (Å²) in [5.41, 5.74) is 0.149. The molecule has 0 bridgehead atoms. The van der Waals surface area contributed by atoms with Gasteiger partial charge in [-0.05, 0) is 12.1 Å². The van der Waals surface area contributed by atoms with Crippen molar-refractivity contribution in [2.75, 3.05) is 5.88 Å². The van der Waals surface area contributed by atoms with E-state index in [1.165, 1.54) is 12.1 Å². The van der Waals surface area contributed by atoms with Crippen LogP contribution in [0.2, 0.25) is 10.0 Å². The Bertz CT molecular complexity index is 326. The molecule has 1 rings (SSSR count). The highest BCUT2D eigenvalue weighted by molar-refractivity contribution is 6.42.